The average molecular weight is 369 g/mol. The Labute approximate surface area is 155 Å². The molecule has 0 spiro atoms. The van der Waals surface area contributed by atoms with E-state index in [2.05, 4.69) is 15.2 Å². The normalized spacial score (nSPS) is 25.4. The summed E-state index contributed by atoms with van der Waals surface area (Å²) in [6.07, 6.45) is 8.02. The van der Waals surface area contributed by atoms with Crippen LogP contribution in [0.4, 0.5) is 10.5 Å². The molecule has 1 saturated heterocycles. The van der Waals surface area contributed by atoms with Gasteiger partial charge in [-0.25, -0.2) is 9.59 Å². The highest BCUT2D eigenvalue weighted by Crippen LogP contribution is 2.32. The third-order valence-electron chi connectivity index (χ3n) is 4.86. The molecule has 3 aliphatic rings. The monoisotopic (exact) mass is 369 g/mol. The number of aliphatic imine (C=N–C) groups is 1. The van der Waals surface area contributed by atoms with Gasteiger partial charge >= 0.3 is 12.0 Å². The van der Waals surface area contributed by atoms with Gasteiger partial charge in [-0.3, -0.25) is 19.6 Å². The van der Waals surface area contributed by atoms with Crippen molar-refractivity contribution in [2.75, 3.05) is 25.5 Å². The summed E-state index contributed by atoms with van der Waals surface area (Å²) in [6, 6.07) is 0.789. The fraction of sp³-hybridized carbons (Fsp3) is 0.333. The van der Waals surface area contributed by atoms with Crippen LogP contribution in [0.2, 0.25) is 0 Å². The van der Waals surface area contributed by atoms with Crippen LogP contribution in [0.25, 0.3) is 0 Å². The first kappa shape index (κ1) is 17.2. The number of fused-ring (bicyclic) bond motifs is 4. The highest BCUT2D eigenvalue weighted by molar-refractivity contribution is 6.41. The topological polar surface area (TPSA) is 96.2 Å². The number of nitrogens with one attached hydrogen (secondary N) is 1. The largest absolute Gasteiger partial charge is 0.464 e. The maximum Gasteiger partial charge on any atom is 0.356 e. The van der Waals surface area contributed by atoms with E-state index in [1.54, 1.807) is 30.1 Å². The molecular formula is C18H19N5O4. The number of nitrogens with zero attached hydrogens (tertiary/aromatic N) is 4. The number of dihydropyridines is 1. The fourth-order valence-corrected chi connectivity index (χ4v) is 3.53. The Kier molecular flexibility index (Phi) is 4.15. The van der Waals surface area contributed by atoms with E-state index in [9.17, 15) is 14.4 Å². The molecule has 0 aliphatic carbocycles. The standard InChI is InChI=1S/C18H19N5O4/c1-21-7-6-15(24)13(10-21)20-18(26)23-11-5-8-22(9-11)14-4-3-12(17(25)27-2)19-16(14)23/h3-7,10,14,16H,8-9H2,1-2H3,(H,20,26). The second-order valence-electron chi connectivity index (χ2n) is 6.58. The number of piperazine rings is 1. The first-order valence-electron chi connectivity index (χ1n) is 8.52. The van der Waals surface area contributed by atoms with Gasteiger partial charge in [0, 0.05) is 44.3 Å². The lowest BCUT2D eigenvalue weighted by Crippen LogP contribution is -2.58. The van der Waals surface area contributed by atoms with Gasteiger partial charge in [0.1, 0.15) is 17.6 Å². The zero-order valence-electron chi connectivity index (χ0n) is 15.0. The number of hydrogen-bond donors (Lipinski definition) is 1. The summed E-state index contributed by atoms with van der Waals surface area (Å²) in [4.78, 5) is 45.1. The fourth-order valence-electron chi connectivity index (χ4n) is 3.53. The number of esters is 1. The number of aryl methyl sites for hydroxylation is 1. The van der Waals surface area contributed by atoms with Gasteiger partial charge in [0.25, 0.3) is 0 Å². The van der Waals surface area contributed by atoms with Crippen LogP contribution < -0.4 is 10.7 Å². The molecule has 3 unspecified atom stereocenters. The quantitative estimate of drug-likeness (QED) is 0.757. The van der Waals surface area contributed by atoms with Gasteiger partial charge in [-0.2, -0.15) is 0 Å². The summed E-state index contributed by atoms with van der Waals surface area (Å²) in [5.74, 6) is -0.552. The molecule has 1 aromatic heterocycles. The Balaban J connectivity index is 1.67. The third kappa shape index (κ3) is 2.95. The molecule has 9 nitrogen and oxygen atoms in total. The molecule has 3 atom stereocenters. The summed E-state index contributed by atoms with van der Waals surface area (Å²) in [6.45, 7) is 1.30. The van der Waals surface area contributed by atoms with Gasteiger partial charge in [0.05, 0.1) is 13.2 Å². The van der Waals surface area contributed by atoms with Crippen molar-refractivity contribution in [3.05, 3.63) is 52.6 Å². The Morgan fingerprint density at radius 1 is 1.37 bits per heavy atom. The first-order valence-corrected chi connectivity index (χ1v) is 8.52. The molecule has 140 valence electrons. The SMILES string of the molecule is COC(=O)C1=NC2C(C=C1)N1CC=C(C1)N2C(=O)Nc1cn(C)ccc1=O. The van der Waals surface area contributed by atoms with Crippen LogP contribution in [0.1, 0.15) is 0 Å². The van der Waals surface area contributed by atoms with Crippen molar-refractivity contribution in [2.45, 2.75) is 12.2 Å². The predicted octanol–water partition coefficient (Wildman–Crippen LogP) is 0.311. The van der Waals surface area contributed by atoms with E-state index in [4.69, 9.17) is 4.74 Å². The highest BCUT2D eigenvalue weighted by atomic mass is 16.5. The maximum absolute atomic E-state index is 13.0. The minimum absolute atomic E-state index is 0.148. The van der Waals surface area contributed by atoms with Crippen LogP contribution in [-0.2, 0) is 16.6 Å². The molecule has 3 aliphatic heterocycles. The number of rotatable bonds is 2. The number of aromatic nitrogens is 1. The van der Waals surface area contributed by atoms with E-state index in [0.29, 0.717) is 13.1 Å². The molecule has 1 aromatic rings. The van der Waals surface area contributed by atoms with Crippen LogP contribution >= 0.6 is 0 Å². The van der Waals surface area contributed by atoms with Crippen molar-refractivity contribution in [3.63, 3.8) is 0 Å². The second kappa shape index (κ2) is 6.51. The zero-order chi connectivity index (χ0) is 19.1. The number of pyridine rings is 1. The number of carbonyl (C=O) groups is 2. The highest BCUT2D eigenvalue weighted by Gasteiger charge is 2.44. The number of methoxy groups -OCH3 is 1. The summed E-state index contributed by atoms with van der Waals surface area (Å²) < 4.78 is 6.43. The van der Waals surface area contributed by atoms with Crippen molar-refractivity contribution in [1.29, 1.82) is 0 Å². The van der Waals surface area contributed by atoms with E-state index in [1.807, 2.05) is 12.2 Å². The molecule has 2 bridgehead atoms. The van der Waals surface area contributed by atoms with Gasteiger partial charge in [-0.1, -0.05) is 6.08 Å². The van der Waals surface area contributed by atoms with E-state index < -0.39 is 18.2 Å². The van der Waals surface area contributed by atoms with Gasteiger partial charge in [-0.05, 0) is 12.2 Å². The number of anilines is 1. The van der Waals surface area contributed by atoms with Crippen LogP contribution in [0.15, 0.2) is 52.2 Å². The Bertz CT molecular complexity index is 961. The van der Waals surface area contributed by atoms with Crippen LogP contribution in [0.5, 0.6) is 0 Å². The number of amides is 2. The van der Waals surface area contributed by atoms with E-state index in [1.165, 1.54) is 18.1 Å². The number of ether oxygens (including phenoxy) is 1. The van der Waals surface area contributed by atoms with Crippen LogP contribution in [0, 0.1) is 0 Å². The molecule has 1 N–H and O–H groups in total. The summed E-state index contributed by atoms with van der Waals surface area (Å²) in [5, 5.41) is 2.68. The van der Waals surface area contributed by atoms with E-state index in [-0.39, 0.29) is 22.9 Å². The predicted molar refractivity (Wildman–Crippen MR) is 98.4 cm³/mol. The number of carbonyl (C=O) groups excluding carboxylic acids is 2. The molecule has 2 amide bonds. The Morgan fingerprint density at radius 3 is 2.96 bits per heavy atom. The lowest BCUT2D eigenvalue weighted by atomic mass is 10.0. The summed E-state index contributed by atoms with van der Waals surface area (Å²) in [5.41, 5.74) is 0.866. The van der Waals surface area contributed by atoms with Crippen molar-refractivity contribution in [2.24, 2.45) is 12.0 Å². The van der Waals surface area contributed by atoms with Crippen molar-refractivity contribution >= 4 is 23.4 Å². The first-order chi connectivity index (χ1) is 13.0. The Hall–Kier alpha value is -3.20. The molecule has 4 heterocycles. The second-order valence-corrected chi connectivity index (χ2v) is 6.58. The van der Waals surface area contributed by atoms with Gasteiger partial charge in [-0.15, -0.1) is 0 Å². The van der Waals surface area contributed by atoms with Gasteiger partial charge in [0.2, 0.25) is 5.43 Å². The molecule has 0 saturated carbocycles. The lowest BCUT2D eigenvalue weighted by Gasteiger charge is -2.43. The maximum atomic E-state index is 13.0. The van der Waals surface area contributed by atoms with E-state index in [0.717, 1.165) is 5.70 Å². The zero-order valence-corrected chi connectivity index (χ0v) is 15.0. The molecule has 0 radical (unpaired) electrons. The third-order valence-corrected chi connectivity index (χ3v) is 4.86. The molecule has 4 rings (SSSR count). The van der Waals surface area contributed by atoms with Crippen molar-refractivity contribution < 1.29 is 14.3 Å². The molecule has 0 aromatic carbocycles. The van der Waals surface area contributed by atoms with Crippen LogP contribution in [-0.4, -0.2) is 64.5 Å². The minimum atomic E-state index is -0.598. The van der Waals surface area contributed by atoms with Crippen molar-refractivity contribution in [3.8, 4) is 0 Å². The van der Waals surface area contributed by atoms with Crippen molar-refractivity contribution in [1.82, 2.24) is 14.4 Å². The summed E-state index contributed by atoms with van der Waals surface area (Å²) in [7, 11) is 3.05. The molecule has 9 heteroatoms. The lowest BCUT2D eigenvalue weighted by molar-refractivity contribution is -0.132. The summed E-state index contributed by atoms with van der Waals surface area (Å²) >= 11 is 0. The smallest absolute Gasteiger partial charge is 0.356 e. The number of urea groups is 1. The Morgan fingerprint density at radius 2 is 2.19 bits per heavy atom. The van der Waals surface area contributed by atoms with Gasteiger partial charge in [0.15, 0.2) is 0 Å². The van der Waals surface area contributed by atoms with Crippen LogP contribution in [0.3, 0.4) is 0 Å². The average Bonchev–Trinajstić information content (AvgIpc) is 3.08. The molecule has 27 heavy (non-hydrogen) atoms. The van der Waals surface area contributed by atoms with Gasteiger partial charge < -0.3 is 14.6 Å². The molecular weight excluding hydrogens is 350 g/mol. The minimum Gasteiger partial charge on any atom is -0.464 e. The molecule has 1 fully saturated rings. The van der Waals surface area contributed by atoms with E-state index >= 15 is 0 Å². The number of hydrogen-bond acceptors (Lipinski definition) is 6.